The van der Waals surface area contributed by atoms with Crippen molar-refractivity contribution in [3.05, 3.63) is 57.0 Å². The van der Waals surface area contributed by atoms with Gasteiger partial charge in [-0.1, -0.05) is 12.1 Å². The lowest BCUT2D eigenvalue weighted by molar-refractivity contribution is 0.0503. The summed E-state index contributed by atoms with van der Waals surface area (Å²) in [6.07, 6.45) is -0.128. The standard InChI is InChI=1S/C20H23N3O5S3/c1-20(2,3)28-19(24)22-16(18-21-17(12-30-18)14-8-9-29-11-14)10-13-4-6-15(7-5-13)23-31(25,26)27/h4-9,11-12,16,23H,10H2,1-3H3,(H,22,24)(H,25,26,27)/t16-/m0/s1. The van der Waals surface area contributed by atoms with Crippen molar-refractivity contribution in [2.24, 2.45) is 0 Å². The lowest BCUT2D eigenvalue weighted by Gasteiger charge is -2.23. The minimum Gasteiger partial charge on any atom is -0.444 e. The van der Waals surface area contributed by atoms with Crippen LogP contribution in [0.2, 0.25) is 0 Å². The number of amides is 1. The average Bonchev–Trinajstić information content (AvgIpc) is 3.31. The van der Waals surface area contributed by atoms with Crippen LogP contribution in [0.25, 0.3) is 11.3 Å². The quantitative estimate of drug-likeness (QED) is 0.413. The van der Waals surface area contributed by atoms with Gasteiger partial charge < -0.3 is 10.1 Å². The molecule has 3 rings (SSSR count). The van der Waals surface area contributed by atoms with Gasteiger partial charge in [0.25, 0.3) is 0 Å². The van der Waals surface area contributed by atoms with E-state index in [2.05, 4.69) is 5.32 Å². The van der Waals surface area contributed by atoms with E-state index in [1.807, 2.05) is 26.9 Å². The SMILES string of the molecule is CC(C)(C)OC(=O)N[C@@H](Cc1ccc(NS(=O)(=O)O)cc1)c1nc(-c2ccsc2)cs1. The lowest BCUT2D eigenvalue weighted by Crippen LogP contribution is -2.35. The molecule has 0 spiro atoms. The first-order valence-electron chi connectivity index (χ1n) is 9.30. The van der Waals surface area contributed by atoms with Crippen molar-refractivity contribution in [3.63, 3.8) is 0 Å². The Morgan fingerprint density at radius 2 is 1.90 bits per heavy atom. The van der Waals surface area contributed by atoms with Crippen LogP contribution >= 0.6 is 22.7 Å². The topological polar surface area (TPSA) is 118 Å². The number of carbonyl (C=O) groups excluding carboxylic acids is 1. The van der Waals surface area contributed by atoms with E-state index in [4.69, 9.17) is 14.3 Å². The summed E-state index contributed by atoms with van der Waals surface area (Å²) in [5.41, 5.74) is 2.29. The van der Waals surface area contributed by atoms with Crippen LogP contribution in [0.15, 0.2) is 46.5 Å². The lowest BCUT2D eigenvalue weighted by atomic mass is 10.1. The number of nitrogens with one attached hydrogen (secondary N) is 2. The van der Waals surface area contributed by atoms with Gasteiger partial charge in [-0.3, -0.25) is 9.27 Å². The summed E-state index contributed by atoms with van der Waals surface area (Å²) in [4.78, 5) is 17.1. The van der Waals surface area contributed by atoms with Crippen molar-refractivity contribution < 1.29 is 22.5 Å². The van der Waals surface area contributed by atoms with Crippen LogP contribution in [0.5, 0.6) is 0 Å². The normalized spacial score (nSPS) is 12.9. The molecule has 1 amide bonds. The molecule has 0 aliphatic carbocycles. The predicted molar refractivity (Wildman–Crippen MR) is 123 cm³/mol. The van der Waals surface area contributed by atoms with Crippen molar-refractivity contribution in [2.75, 3.05) is 4.72 Å². The van der Waals surface area contributed by atoms with Gasteiger partial charge in [0.1, 0.15) is 10.6 Å². The molecule has 0 bridgehead atoms. The van der Waals surface area contributed by atoms with Crippen LogP contribution in [0.3, 0.4) is 0 Å². The minimum absolute atomic E-state index is 0.233. The number of thiophene rings is 1. The van der Waals surface area contributed by atoms with E-state index in [9.17, 15) is 13.2 Å². The van der Waals surface area contributed by atoms with Gasteiger partial charge in [-0.15, -0.1) is 11.3 Å². The van der Waals surface area contributed by atoms with Crippen LogP contribution in [0.1, 0.15) is 37.4 Å². The number of carbonyl (C=O) groups is 1. The van der Waals surface area contributed by atoms with E-state index >= 15 is 0 Å². The van der Waals surface area contributed by atoms with E-state index in [1.54, 1.807) is 44.2 Å². The minimum atomic E-state index is -4.34. The van der Waals surface area contributed by atoms with E-state index < -0.39 is 28.0 Å². The largest absolute Gasteiger partial charge is 0.444 e. The number of ether oxygens (including phenoxy) is 1. The molecule has 11 heteroatoms. The summed E-state index contributed by atoms with van der Waals surface area (Å²) in [5.74, 6) is 0. The van der Waals surface area contributed by atoms with E-state index in [0.29, 0.717) is 6.42 Å². The Hall–Kier alpha value is -2.47. The van der Waals surface area contributed by atoms with Gasteiger partial charge in [-0.2, -0.15) is 19.8 Å². The van der Waals surface area contributed by atoms with E-state index in [-0.39, 0.29) is 5.69 Å². The second-order valence-electron chi connectivity index (χ2n) is 7.76. The van der Waals surface area contributed by atoms with Crippen molar-refractivity contribution in [3.8, 4) is 11.3 Å². The fourth-order valence-electron chi connectivity index (χ4n) is 2.73. The molecule has 0 unspecified atom stereocenters. The van der Waals surface area contributed by atoms with Gasteiger partial charge in [-0.25, -0.2) is 9.78 Å². The number of rotatable bonds is 7. The molecular weight excluding hydrogens is 458 g/mol. The van der Waals surface area contributed by atoms with Gasteiger partial charge in [0.05, 0.1) is 17.4 Å². The van der Waals surface area contributed by atoms with Crippen LogP contribution in [0, 0.1) is 0 Å². The summed E-state index contributed by atoms with van der Waals surface area (Å²) in [5, 5.41) is 9.55. The van der Waals surface area contributed by atoms with Crippen molar-refractivity contribution in [1.29, 1.82) is 0 Å². The summed E-state index contributed by atoms with van der Waals surface area (Å²) < 4.78 is 38.2. The molecule has 2 heterocycles. The Balaban J connectivity index is 1.81. The number of anilines is 1. The third kappa shape index (κ3) is 7.31. The molecule has 8 nitrogen and oxygen atoms in total. The summed E-state index contributed by atoms with van der Waals surface area (Å²) in [6.45, 7) is 5.38. The van der Waals surface area contributed by atoms with Crippen molar-refractivity contribution in [1.82, 2.24) is 10.3 Å². The van der Waals surface area contributed by atoms with Crippen molar-refractivity contribution in [2.45, 2.75) is 38.8 Å². The van der Waals surface area contributed by atoms with Crippen LogP contribution in [-0.4, -0.2) is 29.6 Å². The maximum atomic E-state index is 12.4. The fraction of sp³-hybridized carbons (Fsp3) is 0.300. The van der Waals surface area contributed by atoms with Gasteiger partial charge in [0, 0.05) is 16.3 Å². The maximum Gasteiger partial charge on any atom is 0.408 e. The zero-order chi connectivity index (χ0) is 22.6. The number of benzene rings is 1. The third-order valence-electron chi connectivity index (χ3n) is 3.97. The number of thiazole rings is 1. The highest BCUT2D eigenvalue weighted by Crippen LogP contribution is 2.29. The Bertz CT molecular complexity index is 1120. The Labute approximate surface area is 189 Å². The fourth-order valence-corrected chi connectivity index (χ4v) is 4.70. The molecule has 3 N–H and O–H groups in total. The summed E-state index contributed by atoms with van der Waals surface area (Å²) >= 11 is 3.03. The Morgan fingerprint density at radius 1 is 1.19 bits per heavy atom. The molecule has 0 aliphatic rings. The maximum absolute atomic E-state index is 12.4. The van der Waals surface area contributed by atoms with E-state index in [1.165, 1.54) is 23.5 Å². The first kappa shape index (κ1) is 23.2. The number of aromatic nitrogens is 1. The molecule has 1 aromatic carbocycles. The zero-order valence-electron chi connectivity index (χ0n) is 17.2. The number of hydrogen-bond acceptors (Lipinski definition) is 7. The summed E-state index contributed by atoms with van der Waals surface area (Å²) in [7, 11) is -4.34. The number of hydrogen-bond donors (Lipinski definition) is 3. The van der Waals surface area contributed by atoms with E-state index in [0.717, 1.165) is 21.8 Å². The highest BCUT2D eigenvalue weighted by Gasteiger charge is 2.23. The smallest absolute Gasteiger partial charge is 0.408 e. The molecule has 2 aromatic heterocycles. The van der Waals surface area contributed by atoms with Gasteiger partial charge in [-0.05, 0) is 56.3 Å². The molecule has 0 saturated heterocycles. The predicted octanol–water partition coefficient (Wildman–Crippen LogP) is 4.89. The van der Waals surface area contributed by atoms with Crippen LogP contribution in [-0.2, 0) is 21.5 Å². The molecule has 0 fully saturated rings. The molecule has 31 heavy (non-hydrogen) atoms. The molecule has 3 aromatic rings. The Morgan fingerprint density at radius 3 is 2.48 bits per heavy atom. The molecule has 166 valence electrons. The summed E-state index contributed by atoms with van der Waals surface area (Å²) in [6, 6.07) is 8.04. The molecule has 0 saturated carbocycles. The molecular formula is C20H23N3O5S3. The molecule has 1 atom stereocenters. The highest BCUT2D eigenvalue weighted by molar-refractivity contribution is 7.87. The van der Waals surface area contributed by atoms with Gasteiger partial charge in [0.15, 0.2) is 0 Å². The molecule has 0 aliphatic heterocycles. The number of alkyl carbamates (subject to hydrolysis) is 1. The zero-order valence-corrected chi connectivity index (χ0v) is 19.6. The second-order valence-corrected chi connectivity index (χ2v) is 10.6. The van der Waals surface area contributed by atoms with Crippen molar-refractivity contribution >= 4 is 44.8 Å². The van der Waals surface area contributed by atoms with Gasteiger partial charge >= 0.3 is 16.4 Å². The second kappa shape index (κ2) is 9.35. The first-order chi connectivity index (χ1) is 14.5. The highest BCUT2D eigenvalue weighted by atomic mass is 32.2. The Kier molecular flexibility index (Phi) is 6.99. The van der Waals surface area contributed by atoms with Crippen LogP contribution < -0.4 is 10.0 Å². The first-order valence-corrected chi connectivity index (χ1v) is 12.6. The van der Waals surface area contributed by atoms with Crippen LogP contribution in [0.4, 0.5) is 10.5 Å². The number of nitrogens with zero attached hydrogens (tertiary/aromatic N) is 1. The average molecular weight is 482 g/mol. The van der Waals surface area contributed by atoms with Gasteiger partial charge in [0.2, 0.25) is 0 Å². The molecule has 0 radical (unpaired) electrons. The third-order valence-corrected chi connectivity index (χ3v) is 6.10. The monoisotopic (exact) mass is 481 g/mol.